The molecule has 1 N–H and O–H groups in total. The number of benzene rings is 3. The Kier molecular flexibility index (Phi) is 7.56. The monoisotopic (exact) mass is 483 g/mol. The van der Waals surface area contributed by atoms with Crippen LogP contribution in [-0.4, -0.2) is 27.1 Å². The molecule has 0 radical (unpaired) electrons. The summed E-state index contributed by atoms with van der Waals surface area (Å²) in [5.41, 5.74) is 7.91. The van der Waals surface area contributed by atoms with Gasteiger partial charge in [0.2, 0.25) is 0 Å². The quantitative estimate of drug-likeness (QED) is 0.382. The van der Waals surface area contributed by atoms with Crippen LogP contribution in [0.1, 0.15) is 27.8 Å². The van der Waals surface area contributed by atoms with E-state index in [0.717, 1.165) is 26.6 Å². The first-order valence-corrected chi connectivity index (χ1v) is 12.1. The van der Waals surface area contributed by atoms with E-state index in [1.165, 1.54) is 23.8 Å². The molecule has 0 aliphatic carbocycles. The highest BCUT2D eigenvalue weighted by Gasteiger charge is 2.27. The average Bonchev–Trinajstić information content (AvgIpc) is 2.77. The summed E-state index contributed by atoms with van der Waals surface area (Å²) in [6.07, 6.45) is 1.55. The SMILES string of the molecule is Cc1ccc(S(=O)(=O)N(CC(=O)N/N=C\c2ccc(C)c(C)c2C)c2cccc(Cl)c2)cc1. The number of anilines is 1. The fourth-order valence-corrected chi connectivity index (χ4v) is 4.84. The molecule has 0 atom stereocenters. The number of carbonyl (C=O) groups excluding carboxylic acids is 1. The molecule has 3 aromatic carbocycles. The van der Waals surface area contributed by atoms with Gasteiger partial charge in [0.15, 0.2) is 0 Å². The first-order chi connectivity index (χ1) is 15.6. The summed E-state index contributed by atoms with van der Waals surface area (Å²) < 4.78 is 27.8. The number of rotatable bonds is 7. The van der Waals surface area contributed by atoms with Crippen LogP contribution in [0, 0.1) is 27.7 Å². The van der Waals surface area contributed by atoms with E-state index in [-0.39, 0.29) is 10.6 Å². The Morgan fingerprint density at radius 3 is 2.36 bits per heavy atom. The highest BCUT2D eigenvalue weighted by Crippen LogP contribution is 2.26. The topological polar surface area (TPSA) is 78.8 Å². The van der Waals surface area contributed by atoms with E-state index in [2.05, 4.69) is 10.5 Å². The van der Waals surface area contributed by atoms with Crippen molar-refractivity contribution in [1.82, 2.24) is 5.43 Å². The van der Waals surface area contributed by atoms with Crippen molar-refractivity contribution in [1.29, 1.82) is 0 Å². The van der Waals surface area contributed by atoms with Gasteiger partial charge in [-0.25, -0.2) is 13.8 Å². The zero-order chi connectivity index (χ0) is 24.2. The predicted molar refractivity (Wildman–Crippen MR) is 134 cm³/mol. The van der Waals surface area contributed by atoms with E-state index in [1.54, 1.807) is 36.5 Å². The largest absolute Gasteiger partial charge is 0.271 e. The van der Waals surface area contributed by atoms with Crippen LogP contribution in [0.25, 0.3) is 0 Å². The van der Waals surface area contributed by atoms with Crippen LogP contribution in [0.5, 0.6) is 0 Å². The maximum Gasteiger partial charge on any atom is 0.264 e. The van der Waals surface area contributed by atoms with Gasteiger partial charge >= 0.3 is 0 Å². The number of aryl methyl sites for hydroxylation is 2. The third-order valence-electron chi connectivity index (χ3n) is 5.49. The number of hydrogen-bond acceptors (Lipinski definition) is 4. The molecular weight excluding hydrogens is 458 g/mol. The maximum atomic E-state index is 13.4. The van der Waals surface area contributed by atoms with Gasteiger partial charge in [-0.3, -0.25) is 9.10 Å². The molecule has 8 heteroatoms. The highest BCUT2D eigenvalue weighted by atomic mass is 35.5. The minimum atomic E-state index is -4.02. The Labute approximate surface area is 200 Å². The van der Waals surface area contributed by atoms with Crippen molar-refractivity contribution < 1.29 is 13.2 Å². The fraction of sp³-hybridized carbons (Fsp3) is 0.200. The summed E-state index contributed by atoms with van der Waals surface area (Å²) in [6.45, 7) is 7.46. The molecular formula is C25H26ClN3O3S. The van der Waals surface area contributed by atoms with Gasteiger partial charge in [-0.2, -0.15) is 5.10 Å². The molecule has 0 aliphatic rings. The molecule has 1 amide bonds. The van der Waals surface area contributed by atoms with Gasteiger partial charge in [0.25, 0.3) is 15.9 Å². The van der Waals surface area contributed by atoms with Crippen molar-refractivity contribution in [2.75, 3.05) is 10.8 Å². The first kappa shape index (κ1) is 24.5. The average molecular weight is 484 g/mol. The molecule has 0 heterocycles. The van der Waals surface area contributed by atoms with Gasteiger partial charge in [-0.1, -0.05) is 47.5 Å². The van der Waals surface area contributed by atoms with Gasteiger partial charge < -0.3 is 0 Å². The van der Waals surface area contributed by atoms with Gasteiger partial charge in [0, 0.05) is 5.02 Å². The molecule has 0 unspecified atom stereocenters. The molecule has 33 heavy (non-hydrogen) atoms. The molecule has 0 bridgehead atoms. The number of sulfonamides is 1. The van der Waals surface area contributed by atoms with E-state index in [9.17, 15) is 13.2 Å². The summed E-state index contributed by atoms with van der Waals surface area (Å²) in [7, 11) is -4.02. The van der Waals surface area contributed by atoms with E-state index in [1.807, 2.05) is 39.8 Å². The van der Waals surface area contributed by atoms with Crippen LogP contribution >= 0.6 is 11.6 Å². The number of amides is 1. The van der Waals surface area contributed by atoms with Crippen LogP contribution in [-0.2, 0) is 14.8 Å². The zero-order valence-corrected chi connectivity index (χ0v) is 20.5. The molecule has 172 valence electrons. The lowest BCUT2D eigenvalue weighted by molar-refractivity contribution is -0.119. The third kappa shape index (κ3) is 5.80. The fourth-order valence-electron chi connectivity index (χ4n) is 3.24. The number of nitrogens with one attached hydrogen (secondary N) is 1. The second-order valence-electron chi connectivity index (χ2n) is 7.82. The molecule has 3 rings (SSSR count). The van der Waals surface area contributed by atoms with Crippen LogP contribution in [0.2, 0.25) is 5.02 Å². The van der Waals surface area contributed by atoms with Gasteiger partial charge in [0.05, 0.1) is 16.8 Å². The van der Waals surface area contributed by atoms with Crippen LogP contribution in [0.3, 0.4) is 0 Å². The highest BCUT2D eigenvalue weighted by molar-refractivity contribution is 7.92. The Bertz CT molecular complexity index is 1300. The standard InChI is InChI=1S/C25H26ClN3O3S/c1-17-8-12-24(13-9-17)33(31,32)29(23-7-5-6-22(26)14-23)16-25(30)28-27-15-21-11-10-18(2)19(3)20(21)4/h5-15H,16H2,1-4H3,(H,28,30)/b27-15-. The van der Waals surface area contributed by atoms with Crippen molar-refractivity contribution in [2.45, 2.75) is 32.6 Å². The lowest BCUT2D eigenvalue weighted by Gasteiger charge is -2.24. The van der Waals surface area contributed by atoms with E-state index >= 15 is 0 Å². The molecule has 0 aliphatic heterocycles. The van der Waals surface area contributed by atoms with Crippen LogP contribution in [0.4, 0.5) is 5.69 Å². The summed E-state index contributed by atoms with van der Waals surface area (Å²) in [5.74, 6) is -0.580. The maximum absolute atomic E-state index is 13.4. The number of carbonyl (C=O) groups is 1. The minimum absolute atomic E-state index is 0.0788. The summed E-state index contributed by atoms with van der Waals surface area (Å²) in [5, 5.41) is 4.39. The number of nitrogens with zero attached hydrogens (tertiary/aromatic N) is 2. The van der Waals surface area contributed by atoms with Crippen molar-refractivity contribution in [3.63, 3.8) is 0 Å². The number of hydrogen-bond donors (Lipinski definition) is 1. The lowest BCUT2D eigenvalue weighted by atomic mass is 10.00. The smallest absolute Gasteiger partial charge is 0.264 e. The van der Waals surface area contributed by atoms with E-state index in [0.29, 0.717) is 5.02 Å². The normalized spacial score (nSPS) is 11.5. The minimum Gasteiger partial charge on any atom is -0.271 e. The second-order valence-corrected chi connectivity index (χ2v) is 10.1. The van der Waals surface area contributed by atoms with Crippen molar-refractivity contribution >= 4 is 39.4 Å². The molecule has 3 aromatic rings. The summed E-state index contributed by atoms with van der Waals surface area (Å²) in [4.78, 5) is 12.8. The molecule has 0 aromatic heterocycles. The van der Waals surface area contributed by atoms with Gasteiger partial charge in [-0.05, 0) is 80.3 Å². The Morgan fingerprint density at radius 1 is 1.00 bits per heavy atom. The van der Waals surface area contributed by atoms with Crippen molar-refractivity contribution in [3.8, 4) is 0 Å². The van der Waals surface area contributed by atoms with Gasteiger partial charge in [-0.15, -0.1) is 0 Å². The van der Waals surface area contributed by atoms with Gasteiger partial charge in [0.1, 0.15) is 6.54 Å². The van der Waals surface area contributed by atoms with Crippen molar-refractivity contribution in [2.24, 2.45) is 5.10 Å². The van der Waals surface area contributed by atoms with Crippen LogP contribution < -0.4 is 9.73 Å². The van der Waals surface area contributed by atoms with E-state index < -0.39 is 22.5 Å². The second kappa shape index (κ2) is 10.2. The molecule has 6 nitrogen and oxygen atoms in total. The molecule has 0 saturated carbocycles. The Morgan fingerprint density at radius 2 is 1.70 bits per heavy atom. The predicted octanol–water partition coefficient (Wildman–Crippen LogP) is 4.92. The third-order valence-corrected chi connectivity index (χ3v) is 7.51. The lowest BCUT2D eigenvalue weighted by Crippen LogP contribution is -2.39. The van der Waals surface area contributed by atoms with E-state index in [4.69, 9.17) is 11.6 Å². The number of hydrazone groups is 1. The molecule has 0 saturated heterocycles. The Balaban J connectivity index is 1.85. The summed E-state index contributed by atoms with van der Waals surface area (Å²) >= 11 is 6.09. The summed E-state index contributed by atoms with van der Waals surface area (Å²) in [6, 6.07) is 16.7. The first-order valence-electron chi connectivity index (χ1n) is 10.3. The molecule has 0 fully saturated rings. The Hall–Kier alpha value is -3.16. The zero-order valence-electron chi connectivity index (χ0n) is 19.0. The number of halogens is 1. The molecule has 0 spiro atoms. The van der Waals surface area contributed by atoms with Crippen molar-refractivity contribution in [3.05, 3.63) is 93.5 Å². The van der Waals surface area contributed by atoms with Crippen LogP contribution in [0.15, 0.2) is 70.7 Å².